The standard InChI is InChI=1S/C17H17Cl2NO3/c1-3-22-14-5-6-15(16(10-14)23-4-2)17(21)20-13-8-11(18)7-12(19)9-13/h5-10H,3-4H2,1-2H3,(H,20,21). The second kappa shape index (κ2) is 8.09. The third-order valence-corrected chi connectivity index (χ3v) is 3.37. The minimum absolute atomic E-state index is 0.310. The topological polar surface area (TPSA) is 47.6 Å². The van der Waals surface area contributed by atoms with Crippen LogP contribution in [0, 0.1) is 0 Å². The number of rotatable bonds is 6. The van der Waals surface area contributed by atoms with Crippen molar-refractivity contribution in [2.24, 2.45) is 0 Å². The number of carbonyl (C=O) groups excluding carboxylic acids is 1. The fraction of sp³-hybridized carbons (Fsp3) is 0.235. The van der Waals surface area contributed by atoms with Crippen molar-refractivity contribution < 1.29 is 14.3 Å². The van der Waals surface area contributed by atoms with Crippen molar-refractivity contribution in [1.29, 1.82) is 0 Å². The Kier molecular flexibility index (Phi) is 6.13. The Morgan fingerprint density at radius 2 is 1.65 bits per heavy atom. The van der Waals surface area contributed by atoms with Crippen molar-refractivity contribution in [3.8, 4) is 11.5 Å². The van der Waals surface area contributed by atoms with Gasteiger partial charge in [-0.1, -0.05) is 23.2 Å². The maximum absolute atomic E-state index is 12.5. The van der Waals surface area contributed by atoms with Gasteiger partial charge in [0.05, 0.1) is 18.8 Å². The highest BCUT2D eigenvalue weighted by molar-refractivity contribution is 6.35. The summed E-state index contributed by atoms with van der Waals surface area (Å²) in [4.78, 5) is 12.5. The van der Waals surface area contributed by atoms with Crippen LogP contribution in [0.3, 0.4) is 0 Å². The molecule has 0 saturated carbocycles. The van der Waals surface area contributed by atoms with E-state index >= 15 is 0 Å². The number of halogens is 2. The fourth-order valence-electron chi connectivity index (χ4n) is 2.05. The van der Waals surface area contributed by atoms with Gasteiger partial charge in [-0.25, -0.2) is 0 Å². The van der Waals surface area contributed by atoms with Crippen LogP contribution in [-0.2, 0) is 0 Å². The highest BCUT2D eigenvalue weighted by Gasteiger charge is 2.14. The monoisotopic (exact) mass is 353 g/mol. The zero-order valence-electron chi connectivity index (χ0n) is 12.9. The summed E-state index contributed by atoms with van der Waals surface area (Å²) < 4.78 is 11.0. The van der Waals surface area contributed by atoms with Crippen molar-refractivity contribution in [3.05, 3.63) is 52.0 Å². The van der Waals surface area contributed by atoms with E-state index in [1.165, 1.54) is 0 Å². The largest absolute Gasteiger partial charge is 0.494 e. The molecule has 0 saturated heterocycles. The predicted molar refractivity (Wildman–Crippen MR) is 93.2 cm³/mol. The molecule has 0 aliphatic carbocycles. The van der Waals surface area contributed by atoms with Crippen molar-refractivity contribution in [3.63, 3.8) is 0 Å². The Morgan fingerprint density at radius 3 is 2.26 bits per heavy atom. The second-order valence-electron chi connectivity index (χ2n) is 4.64. The lowest BCUT2D eigenvalue weighted by molar-refractivity contribution is 0.102. The average Bonchev–Trinajstić information content (AvgIpc) is 2.47. The first-order valence-electron chi connectivity index (χ1n) is 7.20. The fourth-order valence-corrected chi connectivity index (χ4v) is 2.57. The molecule has 4 nitrogen and oxygen atoms in total. The normalized spacial score (nSPS) is 10.3. The van der Waals surface area contributed by atoms with Gasteiger partial charge in [-0.15, -0.1) is 0 Å². The van der Waals surface area contributed by atoms with E-state index in [9.17, 15) is 4.79 Å². The van der Waals surface area contributed by atoms with Crippen LogP contribution in [0.1, 0.15) is 24.2 Å². The van der Waals surface area contributed by atoms with Crippen LogP contribution in [0.15, 0.2) is 36.4 Å². The lowest BCUT2D eigenvalue weighted by Crippen LogP contribution is -2.14. The number of benzene rings is 2. The van der Waals surface area contributed by atoms with Gasteiger partial charge in [-0.05, 0) is 44.2 Å². The molecule has 0 aliphatic rings. The van der Waals surface area contributed by atoms with E-state index in [4.69, 9.17) is 32.7 Å². The summed E-state index contributed by atoms with van der Waals surface area (Å²) in [6.45, 7) is 4.73. The molecule has 1 amide bonds. The Morgan fingerprint density at radius 1 is 1.00 bits per heavy atom. The molecular weight excluding hydrogens is 337 g/mol. The molecule has 6 heteroatoms. The van der Waals surface area contributed by atoms with Gasteiger partial charge in [0, 0.05) is 21.8 Å². The van der Waals surface area contributed by atoms with Gasteiger partial charge in [0.15, 0.2) is 0 Å². The first-order chi connectivity index (χ1) is 11.0. The second-order valence-corrected chi connectivity index (χ2v) is 5.51. The number of hydrogen-bond acceptors (Lipinski definition) is 3. The number of carbonyl (C=O) groups is 1. The quantitative estimate of drug-likeness (QED) is 0.790. The SMILES string of the molecule is CCOc1ccc(C(=O)Nc2cc(Cl)cc(Cl)c2)c(OCC)c1. The molecule has 0 heterocycles. The first kappa shape index (κ1) is 17.4. The van der Waals surface area contributed by atoms with Gasteiger partial charge in [0.2, 0.25) is 0 Å². The molecule has 0 aromatic heterocycles. The summed E-state index contributed by atoms with van der Waals surface area (Å²) in [6, 6.07) is 9.94. The van der Waals surface area contributed by atoms with Gasteiger partial charge in [0.1, 0.15) is 11.5 Å². The van der Waals surface area contributed by atoms with Gasteiger partial charge >= 0.3 is 0 Å². The summed E-state index contributed by atoms with van der Waals surface area (Å²) in [5.41, 5.74) is 0.926. The van der Waals surface area contributed by atoms with E-state index in [1.807, 2.05) is 13.8 Å². The molecule has 0 fully saturated rings. The highest BCUT2D eigenvalue weighted by atomic mass is 35.5. The van der Waals surface area contributed by atoms with E-state index in [-0.39, 0.29) is 5.91 Å². The number of amides is 1. The molecule has 23 heavy (non-hydrogen) atoms. The molecule has 0 radical (unpaired) electrons. The molecule has 0 bridgehead atoms. The van der Waals surface area contributed by atoms with Crippen LogP contribution in [0.5, 0.6) is 11.5 Å². The van der Waals surface area contributed by atoms with E-state index in [0.29, 0.717) is 46.0 Å². The van der Waals surface area contributed by atoms with Crippen LogP contribution in [0.2, 0.25) is 10.0 Å². The van der Waals surface area contributed by atoms with E-state index in [0.717, 1.165) is 0 Å². The Hall–Kier alpha value is -1.91. The minimum atomic E-state index is -0.310. The highest BCUT2D eigenvalue weighted by Crippen LogP contribution is 2.27. The maximum atomic E-state index is 12.5. The van der Waals surface area contributed by atoms with E-state index in [2.05, 4.69) is 5.32 Å². The Labute approximate surface area is 145 Å². The molecule has 0 aliphatic heterocycles. The Bertz CT molecular complexity index is 684. The molecule has 2 aromatic carbocycles. The van der Waals surface area contributed by atoms with Gasteiger partial charge in [-0.2, -0.15) is 0 Å². The molecule has 0 unspecified atom stereocenters. The molecule has 0 spiro atoms. The predicted octanol–water partition coefficient (Wildman–Crippen LogP) is 5.04. The van der Waals surface area contributed by atoms with Crippen molar-refractivity contribution >= 4 is 34.8 Å². The summed E-state index contributed by atoms with van der Waals surface area (Å²) in [5, 5.41) is 3.66. The lowest BCUT2D eigenvalue weighted by atomic mass is 10.1. The van der Waals surface area contributed by atoms with Crippen molar-refractivity contribution in [2.45, 2.75) is 13.8 Å². The molecule has 1 N–H and O–H groups in total. The third-order valence-electron chi connectivity index (χ3n) is 2.93. The molecule has 2 aromatic rings. The van der Waals surface area contributed by atoms with Crippen molar-refractivity contribution in [1.82, 2.24) is 0 Å². The molecular formula is C17H17Cl2NO3. The van der Waals surface area contributed by atoms with Crippen LogP contribution in [0.4, 0.5) is 5.69 Å². The van der Waals surface area contributed by atoms with Gasteiger partial charge in [-0.3, -0.25) is 4.79 Å². The lowest BCUT2D eigenvalue weighted by Gasteiger charge is -2.13. The average molecular weight is 354 g/mol. The summed E-state index contributed by atoms with van der Waals surface area (Å²) >= 11 is 11.9. The summed E-state index contributed by atoms with van der Waals surface area (Å²) in [6.07, 6.45) is 0. The number of anilines is 1. The van der Waals surface area contributed by atoms with Gasteiger partial charge < -0.3 is 14.8 Å². The van der Waals surface area contributed by atoms with Crippen LogP contribution < -0.4 is 14.8 Å². The van der Waals surface area contributed by atoms with Crippen LogP contribution >= 0.6 is 23.2 Å². The minimum Gasteiger partial charge on any atom is -0.494 e. The smallest absolute Gasteiger partial charge is 0.259 e. The van der Waals surface area contributed by atoms with Crippen LogP contribution in [0.25, 0.3) is 0 Å². The number of hydrogen-bond donors (Lipinski definition) is 1. The van der Waals surface area contributed by atoms with E-state index in [1.54, 1.807) is 36.4 Å². The zero-order valence-corrected chi connectivity index (χ0v) is 14.4. The maximum Gasteiger partial charge on any atom is 0.259 e. The Balaban J connectivity index is 2.26. The van der Waals surface area contributed by atoms with Crippen molar-refractivity contribution in [2.75, 3.05) is 18.5 Å². The van der Waals surface area contributed by atoms with Crippen LogP contribution in [-0.4, -0.2) is 19.1 Å². The van der Waals surface area contributed by atoms with E-state index < -0.39 is 0 Å². The number of nitrogens with one attached hydrogen (secondary N) is 1. The first-order valence-corrected chi connectivity index (χ1v) is 7.96. The summed E-state index contributed by atoms with van der Waals surface area (Å²) in [7, 11) is 0. The molecule has 122 valence electrons. The molecule has 0 atom stereocenters. The molecule has 2 rings (SSSR count). The number of ether oxygens (including phenoxy) is 2. The van der Waals surface area contributed by atoms with Gasteiger partial charge in [0.25, 0.3) is 5.91 Å². The third kappa shape index (κ3) is 4.78. The zero-order chi connectivity index (χ0) is 16.8. The summed E-state index contributed by atoms with van der Waals surface area (Å²) in [5.74, 6) is 0.803.